The highest BCUT2D eigenvalue weighted by molar-refractivity contribution is 7.14. The number of carbonyl (C=O) groups excluding carboxylic acids is 1. The number of hydrogen-bond acceptors (Lipinski definition) is 3. The van der Waals surface area contributed by atoms with Crippen molar-refractivity contribution in [2.45, 2.75) is 26.2 Å². The molecule has 1 aliphatic carbocycles. The van der Waals surface area contributed by atoms with E-state index in [0.29, 0.717) is 6.54 Å². The van der Waals surface area contributed by atoms with Gasteiger partial charge in [-0.2, -0.15) is 0 Å². The van der Waals surface area contributed by atoms with Gasteiger partial charge in [-0.25, -0.2) is 0 Å². The van der Waals surface area contributed by atoms with E-state index < -0.39 is 0 Å². The summed E-state index contributed by atoms with van der Waals surface area (Å²) in [6.07, 6.45) is 3.47. The molecule has 0 bridgehead atoms. The number of aliphatic hydroxyl groups is 1. The first-order chi connectivity index (χ1) is 7.70. The van der Waals surface area contributed by atoms with Gasteiger partial charge in [0.1, 0.15) is 0 Å². The molecular weight excluding hydrogens is 222 g/mol. The second-order valence-electron chi connectivity index (χ2n) is 4.41. The molecule has 1 aliphatic rings. The number of thiophene rings is 1. The minimum atomic E-state index is -0.000278. The highest BCUT2D eigenvalue weighted by Gasteiger charge is 2.18. The molecule has 2 N–H and O–H groups in total. The van der Waals surface area contributed by atoms with E-state index in [0.717, 1.165) is 17.7 Å². The van der Waals surface area contributed by atoms with E-state index in [2.05, 4.69) is 5.32 Å². The summed E-state index contributed by atoms with van der Waals surface area (Å²) in [7, 11) is 0. The SMILES string of the molecule is CC(CO)CNC(=O)c1cc2c(s1)CCC2. The highest BCUT2D eigenvalue weighted by Crippen LogP contribution is 2.30. The molecule has 4 heteroatoms. The number of rotatable bonds is 4. The number of hydrogen-bond donors (Lipinski definition) is 2. The quantitative estimate of drug-likeness (QED) is 0.838. The lowest BCUT2D eigenvalue weighted by atomic mass is 10.2. The molecule has 0 saturated heterocycles. The molecule has 3 nitrogen and oxygen atoms in total. The summed E-state index contributed by atoms with van der Waals surface area (Å²) >= 11 is 1.61. The van der Waals surface area contributed by atoms with Gasteiger partial charge in [0.05, 0.1) is 4.88 Å². The van der Waals surface area contributed by atoms with E-state index in [1.807, 2.05) is 13.0 Å². The molecule has 0 spiro atoms. The first kappa shape index (κ1) is 11.6. The molecule has 1 amide bonds. The van der Waals surface area contributed by atoms with Crippen molar-refractivity contribution in [2.75, 3.05) is 13.2 Å². The predicted molar refractivity (Wildman–Crippen MR) is 64.9 cm³/mol. The van der Waals surface area contributed by atoms with Gasteiger partial charge < -0.3 is 10.4 Å². The zero-order valence-corrected chi connectivity index (χ0v) is 10.3. The van der Waals surface area contributed by atoms with Crippen molar-refractivity contribution in [3.63, 3.8) is 0 Å². The Morgan fingerprint density at radius 2 is 2.44 bits per heavy atom. The number of aryl methyl sites for hydroxylation is 2. The lowest BCUT2D eigenvalue weighted by Gasteiger charge is -2.08. The molecule has 0 radical (unpaired) electrons. The average molecular weight is 239 g/mol. The first-order valence-electron chi connectivity index (χ1n) is 5.71. The van der Waals surface area contributed by atoms with Crippen molar-refractivity contribution in [1.29, 1.82) is 0 Å². The van der Waals surface area contributed by atoms with Crippen molar-refractivity contribution >= 4 is 17.2 Å². The topological polar surface area (TPSA) is 49.3 Å². The van der Waals surface area contributed by atoms with Gasteiger partial charge in [0.2, 0.25) is 0 Å². The van der Waals surface area contributed by atoms with Crippen molar-refractivity contribution in [1.82, 2.24) is 5.32 Å². The lowest BCUT2D eigenvalue weighted by Crippen LogP contribution is -2.28. The second-order valence-corrected chi connectivity index (χ2v) is 5.55. The summed E-state index contributed by atoms with van der Waals surface area (Å²) in [5.41, 5.74) is 1.35. The minimum Gasteiger partial charge on any atom is -0.396 e. The molecule has 0 aromatic carbocycles. The van der Waals surface area contributed by atoms with Crippen molar-refractivity contribution in [2.24, 2.45) is 5.92 Å². The van der Waals surface area contributed by atoms with Crippen LogP contribution in [0.4, 0.5) is 0 Å². The van der Waals surface area contributed by atoms with E-state index in [9.17, 15) is 4.79 Å². The smallest absolute Gasteiger partial charge is 0.261 e. The van der Waals surface area contributed by atoms with Gasteiger partial charge >= 0.3 is 0 Å². The fourth-order valence-electron chi connectivity index (χ4n) is 1.86. The Morgan fingerprint density at radius 3 is 3.12 bits per heavy atom. The minimum absolute atomic E-state index is 0.000278. The van der Waals surface area contributed by atoms with Crippen LogP contribution < -0.4 is 5.32 Å². The Labute approximate surface area is 99.5 Å². The maximum absolute atomic E-state index is 11.8. The van der Waals surface area contributed by atoms with Crippen molar-refractivity contribution in [3.05, 3.63) is 21.4 Å². The average Bonchev–Trinajstić information content (AvgIpc) is 2.85. The normalized spacial score (nSPS) is 15.9. The number of fused-ring (bicyclic) bond motifs is 1. The number of nitrogens with one attached hydrogen (secondary N) is 1. The molecule has 1 aromatic rings. The van der Waals surface area contributed by atoms with Crippen LogP contribution in [0.5, 0.6) is 0 Å². The predicted octanol–water partition coefficient (Wildman–Crippen LogP) is 1.59. The Kier molecular flexibility index (Phi) is 3.61. The Balaban J connectivity index is 1.93. The van der Waals surface area contributed by atoms with E-state index in [-0.39, 0.29) is 18.4 Å². The lowest BCUT2D eigenvalue weighted by molar-refractivity contribution is 0.0946. The summed E-state index contributed by atoms with van der Waals surface area (Å²) in [6.45, 7) is 2.56. The third-order valence-electron chi connectivity index (χ3n) is 2.89. The van der Waals surface area contributed by atoms with Crippen molar-refractivity contribution in [3.8, 4) is 0 Å². The van der Waals surface area contributed by atoms with Crippen LogP contribution in [0.3, 0.4) is 0 Å². The highest BCUT2D eigenvalue weighted by atomic mass is 32.1. The molecule has 88 valence electrons. The van der Waals surface area contributed by atoms with Crippen LogP contribution in [-0.2, 0) is 12.8 Å². The number of carbonyl (C=O) groups is 1. The largest absolute Gasteiger partial charge is 0.396 e. The number of aliphatic hydroxyl groups excluding tert-OH is 1. The third-order valence-corrected chi connectivity index (χ3v) is 4.13. The standard InChI is InChI=1S/C12H17NO2S/c1-8(7-14)6-13-12(15)11-5-9-3-2-4-10(9)16-11/h5,8,14H,2-4,6-7H2,1H3,(H,13,15). The summed E-state index contributed by atoms with van der Waals surface area (Å²) in [5.74, 6) is 0.121. The molecule has 2 rings (SSSR count). The maximum Gasteiger partial charge on any atom is 0.261 e. The molecule has 0 aliphatic heterocycles. The van der Waals surface area contributed by atoms with Crippen LogP contribution in [-0.4, -0.2) is 24.2 Å². The fourth-order valence-corrected chi connectivity index (χ4v) is 3.03. The summed E-state index contributed by atoms with van der Waals surface area (Å²) in [5, 5.41) is 11.7. The molecule has 0 fully saturated rings. The van der Waals surface area contributed by atoms with E-state index in [1.54, 1.807) is 11.3 Å². The zero-order chi connectivity index (χ0) is 11.5. The van der Waals surface area contributed by atoms with E-state index in [4.69, 9.17) is 5.11 Å². The monoisotopic (exact) mass is 239 g/mol. The molecule has 1 aromatic heterocycles. The van der Waals surface area contributed by atoms with Gasteiger partial charge in [0.25, 0.3) is 5.91 Å². The van der Waals surface area contributed by atoms with E-state index >= 15 is 0 Å². The van der Waals surface area contributed by atoms with Crippen LogP contribution in [0.15, 0.2) is 6.07 Å². The van der Waals surface area contributed by atoms with Gasteiger partial charge in [-0.15, -0.1) is 11.3 Å². The van der Waals surface area contributed by atoms with Gasteiger partial charge in [-0.1, -0.05) is 6.92 Å². The van der Waals surface area contributed by atoms with Crippen molar-refractivity contribution < 1.29 is 9.90 Å². The van der Waals surface area contributed by atoms with Gasteiger partial charge in [0, 0.05) is 18.0 Å². The van der Waals surface area contributed by atoms with Crippen LogP contribution in [0.1, 0.15) is 33.5 Å². The van der Waals surface area contributed by atoms with Gasteiger partial charge in [-0.05, 0) is 36.8 Å². The summed E-state index contributed by atoms with van der Waals surface area (Å²) in [4.78, 5) is 14.0. The van der Waals surface area contributed by atoms with Crippen LogP contribution >= 0.6 is 11.3 Å². The molecule has 1 heterocycles. The second kappa shape index (κ2) is 4.97. The first-order valence-corrected chi connectivity index (χ1v) is 6.53. The summed E-state index contributed by atoms with van der Waals surface area (Å²) < 4.78 is 0. The third kappa shape index (κ3) is 2.44. The maximum atomic E-state index is 11.8. The Bertz CT molecular complexity index is 365. The number of amides is 1. The molecule has 0 saturated carbocycles. The fraction of sp³-hybridized carbons (Fsp3) is 0.583. The van der Waals surface area contributed by atoms with Gasteiger partial charge in [-0.3, -0.25) is 4.79 Å². The van der Waals surface area contributed by atoms with E-state index in [1.165, 1.54) is 16.9 Å². The molecular formula is C12H17NO2S. The van der Waals surface area contributed by atoms with Crippen LogP contribution in [0.2, 0.25) is 0 Å². The van der Waals surface area contributed by atoms with Crippen LogP contribution in [0, 0.1) is 5.92 Å². The Hall–Kier alpha value is -0.870. The molecule has 1 unspecified atom stereocenters. The molecule has 1 atom stereocenters. The Morgan fingerprint density at radius 1 is 1.62 bits per heavy atom. The van der Waals surface area contributed by atoms with Crippen LogP contribution in [0.25, 0.3) is 0 Å². The zero-order valence-electron chi connectivity index (χ0n) is 9.45. The van der Waals surface area contributed by atoms with Gasteiger partial charge in [0.15, 0.2) is 0 Å². The summed E-state index contributed by atoms with van der Waals surface area (Å²) in [6, 6.07) is 2.02. The molecule has 16 heavy (non-hydrogen) atoms.